The molecule has 0 aromatic rings. The smallest absolute Gasteiger partial charge is 0.241 e. The van der Waals surface area contributed by atoms with Crippen LogP contribution in [0.25, 0.3) is 0 Å². The van der Waals surface area contributed by atoms with Crippen molar-refractivity contribution in [2.75, 3.05) is 20.3 Å². The van der Waals surface area contributed by atoms with Gasteiger partial charge in [0.25, 0.3) is 0 Å². The molecule has 0 bridgehead atoms. The Bertz CT molecular complexity index is 269. The topological polar surface area (TPSA) is 41.6 Å². The van der Waals surface area contributed by atoms with Crippen LogP contribution in [0.15, 0.2) is 0 Å². The monoisotopic (exact) mass is 270 g/mol. The minimum atomic E-state index is 0.0383. The van der Waals surface area contributed by atoms with Crippen molar-refractivity contribution in [3.8, 4) is 0 Å². The highest BCUT2D eigenvalue weighted by Gasteiger charge is 2.38. The molecule has 2 atom stereocenters. The molecule has 0 aliphatic carbocycles. The number of carbonyl (C=O) groups excluding carboxylic acids is 1. The van der Waals surface area contributed by atoms with Gasteiger partial charge in [0.2, 0.25) is 5.91 Å². The lowest BCUT2D eigenvalue weighted by Crippen LogP contribution is -2.41. The molecule has 0 aromatic carbocycles. The van der Waals surface area contributed by atoms with Gasteiger partial charge in [-0.05, 0) is 31.6 Å². The summed E-state index contributed by atoms with van der Waals surface area (Å²) in [5.41, 5.74) is 0. The number of nitrogens with zero attached hydrogens (tertiary/aromatic N) is 1. The molecule has 1 aliphatic heterocycles. The zero-order chi connectivity index (χ0) is 14.3. The van der Waals surface area contributed by atoms with Crippen LogP contribution in [0.3, 0.4) is 0 Å². The van der Waals surface area contributed by atoms with Gasteiger partial charge in [-0.25, -0.2) is 0 Å². The quantitative estimate of drug-likeness (QED) is 0.654. The lowest BCUT2D eigenvalue weighted by molar-refractivity contribution is -0.130. The minimum absolute atomic E-state index is 0.0383. The first-order chi connectivity index (χ1) is 9.11. The van der Waals surface area contributed by atoms with Crippen molar-refractivity contribution in [3.05, 3.63) is 0 Å². The number of ether oxygens (including phenoxy) is 1. The summed E-state index contributed by atoms with van der Waals surface area (Å²) >= 11 is 0. The van der Waals surface area contributed by atoms with E-state index in [-0.39, 0.29) is 12.2 Å². The van der Waals surface area contributed by atoms with E-state index in [4.69, 9.17) is 4.74 Å². The molecule has 4 nitrogen and oxygen atoms in total. The molecule has 1 N–H and O–H groups in total. The van der Waals surface area contributed by atoms with Crippen molar-refractivity contribution < 1.29 is 9.53 Å². The zero-order valence-electron chi connectivity index (χ0n) is 12.9. The van der Waals surface area contributed by atoms with Gasteiger partial charge in [-0.3, -0.25) is 10.1 Å². The van der Waals surface area contributed by atoms with Crippen molar-refractivity contribution in [1.29, 1.82) is 0 Å². The number of hydrogen-bond donors (Lipinski definition) is 1. The second-order valence-corrected chi connectivity index (χ2v) is 5.78. The number of methoxy groups -OCH3 is 1. The third-order valence-corrected chi connectivity index (χ3v) is 3.75. The van der Waals surface area contributed by atoms with Crippen molar-refractivity contribution >= 4 is 5.91 Å². The van der Waals surface area contributed by atoms with Crippen molar-refractivity contribution in [2.45, 2.75) is 65.1 Å². The summed E-state index contributed by atoms with van der Waals surface area (Å²) in [6.07, 6.45) is 5.49. The molecule has 1 aliphatic rings. The van der Waals surface area contributed by atoms with Crippen LogP contribution in [0.4, 0.5) is 0 Å². The molecule has 19 heavy (non-hydrogen) atoms. The third-order valence-electron chi connectivity index (χ3n) is 3.75. The molecule has 0 aromatic heterocycles. The Balaban J connectivity index is 2.45. The molecule has 0 saturated carbocycles. The van der Waals surface area contributed by atoms with Gasteiger partial charge in [-0.2, -0.15) is 0 Å². The first kappa shape index (κ1) is 16.4. The zero-order valence-corrected chi connectivity index (χ0v) is 12.9. The van der Waals surface area contributed by atoms with Crippen molar-refractivity contribution in [3.63, 3.8) is 0 Å². The molecule has 0 spiro atoms. The van der Waals surface area contributed by atoms with Crippen LogP contribution < -0.4 is 5.32 Å². The molecule has 4 heteroatoms. The van der Waals surface area contributed by atoms with E-state index >= 15 is 0 Å². The van der Waals surface area contributed by atoms with E-state index in [2.05, 4.69) is 31.0 Å². The standard InChI is InChI=1S/C15H30N2O2/c1-5-9-13-15(18)17(14(16-13)12(2)3)10-7-6-8-11-19-4/h12-14,16H,5-11H2,1-4H3. The van der Waals surface area contributed by atoms with Gasteiger partial charge < -0.3 is 9.64 Å². The predicted octanol–water partition coefficient (Wildman–Crippen LogP) is 2.39. The van der Waals surface area contributed by atoms with Crippen molar-refractivity contribution in [2.24, 2.45) is 5.92 Å². The largest absolute Gasteiger partial charge is 0.385 e. The van der Waals surface area contributed by atoms with Gasteiger partial charge in [0.15, 0.2) is 0 Å². The summed E-state index contributed by atoms with van der Waals surface area (Å²) in [4.78, 5) is 14.4. The van der Waals surface area contributed by atoms with Crippen LogP contribution in [0, 0.1) is 5.92 Å². The van der Waals surface area contributed by atoms with E-state index < -0.39 is 0 Å². The number of rotatable bonds is 9. The Morgan fingerprint density at radius 2 is 2.05 bits per heavy atom. The highest BCUT2D eigenvalue weighted by Crippen LogP contribution is 2.20. The van der Waals surface area contributed by atoms with E-state index in [0.717, 1.165) is 45.3 Å². The van der Waals surface area contributed by atoms with Crippen LogP contribution in [-0.2, 0) is 9.53 Å². The Hall–Kier alpha value is -0.610. The normalized spacial score (nSPS) is 23.6. The van der Waals surface area contributed by atoms with Gasteiger partial charge >= 0.3 is 0 Å². The van der Waals surface area contributed by atoms with E-state index in [1.165, 1.54) is 0 Å². The highest BCUT2D eigenvalue weighted by atomic mass is 16.5. The summed E-state index contributed by atoms with van der Waals surface area (Å²) in [5, 5.41) is 3.49. The SMILES string of the molecule is CCCC1NC(C(C)C)N(CCCCCOC)C1=O. The first-order valence-corrected chi connectivity index (χ1v) is 7.67. The molecule has 0 radical (unpaired) electrons. The highest BCUT2D eigenvalue weighted by molar-refractivity contribution is 5.84. The maximum Gasteiger partial charge on any atom is 0.241 e. The maximum atomic E-state index is 12.4. The lowest BCUT2D eigenvalue weighted by atomic mass is 10.1. The van der Waals surface area contributed by atoms with Gasteiger partial charge in [0.1, 0.15) is 0 Å². The second-order valence-electron chi connectivity index (χ2n) is 5.78. The Kier molecular flexibility index (Phi) is 7.39. The van der Waals surface area contributed by atoms with Crippen LogP contribution >= 0.6 is 0 Å². The molecule has 1 saturated heterocycles. The fourth-order valence-electron chi connectivity index (χ4n) is 2.71. The average molecular weight is 270 g/mol. The molecule has 1 fully saturated rings. The Morgan fingerprint density at radius 1 is 1.32 bits per heavy atom. The predicted molar refractivity (Wildman–Crippen MR) is 77.9 cm³/mol. The molecular weight excluding hydrogens is 240 g/mol. The molecule has 1 amide bonds. The number of carbonyl (C=O) groups is 1. The second kappa shape index (κ2) is 8.54. The Labute approximate surface area is 117 Å². The number of hydrogen-bond acceptors (Lipinski definition) is 3. The van der Waals surface area contributed by atoms with Crippen LogP contribution in [-0.4, -0.2) is 43.3 Å². The summed E-state index contributed by atoms with van der Waals surface area (Å²) in [6.45, 7) is 8.18. The molecule has 2 unspecified atom stereocenters. The molecule has 1 heterocycles. The molecule has 1 rings (SSSR count). The van der Waals surface area contributed by atoms with E-state index in [1.54, 1.807) is 7.11 Å². The van der Waals surface area contributed by atoms with Crippen molar-refractivity contribution in [1.82, 2.24) is 10.2 Å². The molecule has 112 valence electrons. The van der Waals surface area contributed by atoms with Gasteiger partial charge in [-0.15, -0.1) is 0 Å². The van der Waals surface area contributed by atoms with Gasteiger partial charge in [0, 0.05) is 20.3 Å². The molecular formula is C15H30N2O2. The van der Waals surface area contributed by atoms with E-state index in [9.17, 15) is 4.79 Å². The number of nitrogens with one attached hydrogen (secondary N) is 1. The maximum absolute atomic E-state index is 12.4. The minimum Gasteiger partial charge on any atom is -0.385 e. The van der Waals surface area contributed by atoms with E-state index in [0.29, 0.717) is 11.8 Å². The van der Waals surface area contributed by atoms with Crippen LogP contribution in [0.5, 0.6) is 0 Å². The number of unbranched alkanes of at least 4 members (excludes halogenated alkanes) is 2. The summed E-state index contributed by atoms with van der Waals surface area (Å²) in [7, 11) is 1.73. The first-order valence-electron chi connectivity index (χ1n) is 7.67. The fraction of sp³-hybridized carbons (Fsp3) is 0.933. The van der Waals surface area contributed by atoms with Gasteiger partial charge in [0.05, 0.1) is 12.2 Å². The average Bonchev–Trinajstić information content (AvgIpc) is 2.68. The Morgan fingerprint density at radius 3 is 2.63 bits per heavy atom. The summed E-state index contributed by atoms with van der Waals surface area (Å²) in [6, 6.07) is 0.0383. The summed E-state index contributed by atoms with van der Waals surface area (Å²) in [5.74, 6) is 0.761. The third kappa shape index (κ3) is 4.77. The van der Waals surface area contributed by atoms with Gasteiger partial charge in [-0.1, -0.05) is 27.2 Å². The number of amides is 1. The summed E-state index contributed by atoms with van der Waals surface area (Å²) < 4.78 is 5.05. The van der Waals surface area contributed by atoms with E-state index in [1.807, 2.05) is 0 Å². The lowest BCUT2D eigenvalue weighted by Gasteiger charge is -2.27. The van der Waals surface area contributed by atoms with Crippen LogP contribution in [0.1, 0.15) is 52.9 Å². The van der Waals surface area contributed by atoms with Crippen LogP contribution in [0.2, 0.25) is 0 Å². The fourth-order valence-corrected chi connectivity index (χ4v) is 2.71.